The third-order valence-electron chi connectivity index (χ3n) is 3.40. The Morgan fingerprint density at radius 1 is 1.26 bits per heavy atom. The van der Waals surface area contributed by atoms with Gasteiger partial charge >= 0.3 is 0 Å². The molecule has 0 aliphatic heterocycles. The van der Waals surface area contributed by atoms with Crippen molar-refractivity contribution < 1.29 is 14.3 Å². The first-order valence-electron chi connectivity index (χ1n) is 8.19. The predicted molar refractivity (Wildman–Crippen MR) is 91.4 cm³/mol. The molecule has 0 aromatic heterocycles. The quantitative estimate of drug-likeness (QED) is 0.711. The van der Waals surface area contributed by atoms with Crippen molar-refractivity contribution in [3.63, 3.8) is 0 Å². The van der Waals surface area contributed by atoms with E-state index in [4.69, 9.17) is 4.74 Å². The summed E-state index contributed by atoms with van der Waals surface area (Å²) in [5.41, 5.74) is 1.08. The second kappa shape index (κ2) is 9.87. The van der Waals surface area contributed by atoms with Gasteiger partial charge in [0.15, 0.2) is 0 Å². The van der Waals surface area contributed by atoms with Crippen LogP contribution in [0.25, 0.3) is 0 Å². The van der Waals surface area contributed by atoms with E-state index in [1.165, 1.54) is 0 Å². The molecule has 0 aliphatic rings. The largest absolute Gasteiger partial charge is 0.493 e. The van der Waals surface area contributed by atoms with Gasteiger partial charge in [0, 0.05) is 19.0 Å². The van der Waals surface area contributed by atoms with Crippen LogP contribution in [-0.2, 0) is 9.59 Å². The second-order valence-corrected chi connectivity index (χ2v) is 5.85. The molecule has 1 aromatic rings. The summed E-state index contributed by atoms with van der Waals surface area (Å²) in [6.07, 6.45) is 1.02. The van der Waals surface area contributed by atoms with Gasteiger partial charge in [-0.3, -0.25) is 9.59 Å². The number of nitrogens with zero attached hydrogens (tertiary/aromatic N) is 1. The lowest BCUT2D eigenvalue weighted by molar-refractivity contribution is -0.136. The highest BCUT2D eigenvalue weighted by Crippen LogP contribution is 2.16. The zero-order chi connectivity index (χ0) is 17.2. The van der Waals surface area contributed by atoms with Gasteiger partial charge < -0.3 is 15.0 Å². The minimum Gasteiger partial charge on any atom is -0.493 e. The summed E-state index contributed by atoms with van der Waals surface area (Å²) in [5, 5.41) is 2.80. The maximum atomic E-state index is 12.2. The Kier molecular flexibility index (Phi) is 8.16. The first-order valence-corrected chi connectivity index (χ1v) is 8.19. The van der Waals surface area contributed by atoms with Crippen LogP contribution in [-0.4, -0.2) is 42.5 Å². The van der Waals surface area contributed by atoms with Crippen LogP contribution in [0.5, 0.6) is 5.75 Å². The highest BCUT2D eigenvalue weighted by atomic mass is 16.5. The van der Waals surface area contributed by atoms with E-state index in [1.807, 2.05) is 52.0 Å². The number of carbonyl (C=O) groups is 2. The smallest absolute Gasteiger partial charge is 0.239 e. The minimum absolute atomic E-state index is 0.0141. The van der Waals surface area contributed by atoms with Crippen LogP contribution in [0.1, 0.15) is 39.2 Å². The van der Waals surface area contributed by atoms with Crippen LogP contribution in [0.2, 0.25) is 0 Å². The Labute approximate surface area is 139 Å². The number of para-hydroxylation sites is 1. The molecule has 0 fully saturated rings. The average molecular weight is 320 g/mol. The summed E-state index contributed by atoms with van der Waals surface area (Å²) in [5.74, 6) is 0.717. The molecule has 128 valence electrons. The molecule has 0 saturated carbocycles. The number of likely N-dealkylation sites (N-methyl/N-ethyl adjacent to an activating group) is 1. The third-order valence-corrected chi connectivity index (χ3v) is 3.40. The third kappa shape index (κ3) is 7.17. The summed E-state index contributed by atoms with van der Waals surface area (Å²) in [6, 6.07) is 7.89. The van der Waals surface area contributed by atoms with Crippen LogP contribution in [0.15, 0.2) is 24.3 Å². The molecule has 5 heteroatoms. The van der Waals surface area contributed by atoms with Crippen molar-refractivity contribution in [1.29, 1.82) is 0 Å². The highest BCUT2D eigenvalue weighted by Gasteiger charge is 2.15. The lowest BCUT2D eigenvalue weighted by Gasteiger charge is -2.21. The summed E-state index contributed by atoms with van der Waals surface area (Å²) >= 11 is 0. The number of carbonyl (C=O) groups excluding carboxylic acids is 2. The molecule has 0 atom stereocenters. The van der Waals surface area contributed by atoms with E-state index in [9.17, 15) is 9.59 Å². The zero-order valence-corrected chi connectivity index (χ0v) is 14.6. The van der Waals surface area contributed by atoms with E-state index in [0.717, 1.165) is 11.3 Å². The van der Waals surface area contributed by atoms with Gasteiger partial charge in [0.2, 0.25) is 11.8 Å². The van der Waals surface area contributed by atoms with Gasteiger partial charge in [0.1, 0.15) is 5.75 Å². The Hall–Kier alpha value is -2.04. The van der Waals surface area contributed by atoms with Crippen molar-refractivity contribution >= 4 is 11.8 Å². The van der Waals surface area contributed by atoms with Crippen LogP contribution in [0.4, 0.5) is 0 Å². The van der Waals surface area contributed by atoms with E-state index in [1.54, 1.807) is 4.90 Å². The topological polar surface area (TPSA) is 58.6 Å². The van der Waals surface area contributed by atoms with Crippen molar-refractivity contribution in [2.75, 3.05) is 19.7 Å². The number of amides is 2. The Balaban J connectivity index is 2.33. The van der Waals surface area contributed by atoms with Gasteiger partial charge in [0.25, 0.3) is 0 Å². The molecule has 0 bridgehead atoms. The molecule has 23 heavy (non-hydrogen) atoms. The summed E-state index contributed by atoms with van der Waals surface area (Å²) < 4.78 is 5.68. The van der Waals surface area contributed by atoms with E-state index in [2.05, 4.69) is 5.32 Å². The van der Waals surface area contributed by atoms with Crippen molar-refractivity contribution in [3.05, 3.63) is 29.8 Å². The van der Waals surface area contributed by atoms with Gasteiger partial charge in [-0.2, -0.15) is 0 Å². The molecule has 0 unspecified atom stereocenters. The number of rotatable bonds is 9. The number of aryl methyl sites for hydroxylation is 1. The Bertz CT molecular complexity index is 515. The summed E-state index contributed by atoms with van der Waals surface area (Å²) in [6.45, 7) is 8.82. The fraction of sp³-hybridized carbons (Fsp3) is 0.556. The first kappa shape index (κ1) is 19.0. The second-order valence-electron chi connectivity index (χ2n) is 5.85. The molecule has 1 N–H and O–H groups in total. The summed E-state index contributed by atoms with van der Waals surface area (Å²) in [7, 11) is 0. The lowest BCUT2D eigenvalue weighted by atomic mass is 10.2. The maximum Gasteiger partial charge on any atom is 0.239 e. The van der Waals surface area contributed by atoms with Crippen molar-refractivity contribution in [1.82, 2.24) is 10.2 Å². The molecule has 0 saturated heterocycles. The zero-order valence-electron chi connectivity index (χ0n) is 14.6. The molecule has 0 spiro atoms. The van der Waals surface area contributed by atoms with E-state index >= 15 is 0 Å². The SMILES string of the molecule is CCN(CC(=O)NC(C)C)C(=O)CCCOc1ccccc1C. The molecule has 2 amide bonds. The van der Waals surface area contributed by atoms with Crippen LogP contribution in [0, 0.1) is 6.92 Å². The number of nitrogens with one attached hydrogen (secondary N) is 1. The normalized spacial score (nSPS) is 10.5. The lowest BCUT2D eigenvalue weighted by Crippen LogP contribution is -2.42. The van der Waals surface area contributed by atoms with E-state index in [-0.39, 0.29) is 24.4 Å². The molecular weight excluding hydrogens is 292 g/mol. The molecule has 0 aliphatic carbocycles. The van der Waals surface area contributed by atoms with Crippen molar-refractivity contribution in [3.8, 4) is 5.75 Å². The molecule has 1 aromatic carbocycles. The van der Waals surface area contributed by atoms with Crippen LogP contribution >= 0.6 is 0 Å². The number of hydrogen-bond donors (Lipinski definition) is 1. The van der Waals surface area contributed by atoms with Gasteiger partial charge in [-0.1, -0.05) is 18.2 Å². The minimum atomic E-state index is -0.119. The first-order chi connectivity index (χ1) is 10.9. The van der Waals surface area contributed by atoms with Crippen molar-refractivity contribution in [2.24, 2.45) is 0 Å². The highest BCUT2D eigenvalue weighted by molar-refractivity contribution is 5.84. The molecule has 0 radical (unpaired) electrons. The van der Waals surface area contributed by atoms with Crippen LogP contribution in [0.3, 0.4) is 0 Å². The van der Waals surface area contributed by atoms with Gasteiger partial charge in [0.05, 0.1) is 13.2 Å². The molecule has 5 nitrogen and oxygen atoms in total. The number of benzene rings is 1. The van der Waals surface area contributed by atoms with Gasteiger partial charge in [-0.25, -0.2) is 0 Å². The van der Waals surface area contributed by atoms with E-state index < -0.39 is 0 Å². The maximum absolute atomic E-state index is 12.2. The van der Waals surface area contributed by atoms with E-state index in [0.29, 0.717) is 26.0 Å². The molecular formula is C18H28N2O3. The predicted octanol–water partition coefficient (Wildman–Crippen LogP) is 2.53. The average Bonchev–Trinajstić information content (AvgIpc) is 2.49. The Morgan fingerprint density at radius 2 is 1.96 bits per heavy atom. The fourth-order valence-corrected chi connectivity index (χ4v) is 2.20. The molecule has 1 rings (SSSR count). The number of ether oxygens (including phenoxy) is 1. The monoisotopic (exact) mass is 320 g/mol. The van der Waals surface area contributed by atoms with Gasteiger partial charge in [-0.15, -0.1) is 0 Å². The summed E-state index contributed by atoms with van der Waals surface area (Å²) in [4.78, 5) is 25.5. The standard InChI is InChI=1S/C18H28N2O3/c1-5-20(13-17(21)19-14(2)3)18(22)11-8-12-23-16-10-7-6-9-15(16)4/h6-7,9-10,14H,5,8,11-13H2,1-4H3,(H,19,21). The fourth-order valence-electron chi connectivity index (χ4n) is 2.20. The number of hydrogen-bond acceptors (Lipinski definition) is 3. The van der Waals surface area contributed by atoms with Gasteiger partial charge in [-0.05, 0) is 45.7 Å². The molecule has 0 heterocycles. The Morgan fingerprint density at radius 3 is 2.57 bits per heavy atom. The van der Waals surface area contributed by atoms with Crippen molar-refractivity contribution in [2.45, 2.75) is 46.6 Å². The van der Waals surface area contributed by atoms with Crippen LogP contribution < -0.4 is 10.1 Å².